The van der Waals surface area contributed by atoms with Crippen molar-refractivity contribution in [2.24, 2.45) is 5.92 Å². The quantitative estimate of drug-likeness (QED) is 0.879. The Hall–Kier alpha value is -1.59. The SMILES string of the molecule is CCn1cnnc1CNC(=O)N1CCC(C)CC1. The zero-order valence-corrected chi connectivity index (χ0v) is 11.1. The minimum atomic E-state index is 0.00699. The van der Waals surface area contributed by atoms with Crippen LogP contribution in [0.2, 0.25) is 0 Å². The van der Waals surface area contributed by atoms with Gasteiger partial charge in [-0.2, -0.15) is 0 Å². The molecule has 18 heavy (non-hydrogen) atoms. The number of amides is 2. The van der Waals surface area contributed by atoms with Crippen molar-refractivity contribution in [2.45, 2.75) is 39.8 Å². The number of carbonyl (C=O) groups excluding carboxylic acids is 1. The third-order valence-electron chi connectivity index (χ3n) is 3.50. The van der Waals surface area contributed by atoms with Gasteiger partial charge in [-0.05, 0) is 25.7 Å². The zero-order chi connectivity index (χ0) is 13.0. The van der Waals surface area contributed by atoms with Gasteiger partial charge >= 0.3 is 6.03 Å². The number of likely N-dealkylation sites (tertiary alicyclic amines) is 1. The van der Waals surface area contributed by atoms with Gasteiger partial charge in [-0.15, -0.1) is 10.2 Å². The van der Waals surface area contributed by atoms with Gasteiger partial charge in [0.1, 0.15) is 6.33 Å². The molecular weight excluding hydrogens is 230 g/mol. The molecule has 0 atom stereocenters. The number of urea groups is 1. The van der Waals surface area contributed by atoms with Crippen molar-refractivity contribution < 1.29 is 4.79 Å². The molecule has 1 aromatic heterocycles. The number of aromatic nitrogens is 3. The van der Waals surface area contributed by atoms with E-state index < -0.39 is 0 Å². The molecule has 1 aliphatic rings. The minimum absolute atomic E-state index is 0.00699. The maximum atomic E-state index is 12.0. The maximum absolute atomic E-state index is 12.0. The van der Waals surface area contributed by atoms with Crippen LogP contribution < -0.4 is 5.32 Å². The van der Waals surface area contributed by atoms with Crippen LogP contribution >= 0.6 is 0 Å². The molecule has 6 nitrogen and oxygen atoms in total. The molecule has 1 saturated heterocycles. The molecule has 1 aliphatic heterocycles. The second-order valence-corrected chi connectivity index (χ2v) is 4.86. The molecule has 6 heteroatoms. The summed E-state index contributed by atoms with van der Waals surface area (Å²) in [6, 6.07) is 0.00699. The third-order valence-corrected chi connectivity index (χ3v) is 3.50. The smallest absolute Gasteiger partial charge is 0.317 e. The lowest BCUT2D eigenvalue weighted by molar-refractivity contribution is 0.173. The van der Waals surface area contributed by atoms with Crippen molar-refractivity contribution in [3.05, 3.63) is 12.2 Å². The summed E-state index contributed by atoms with van der Waals surface area (Å²) < 4.78 is 1.93. The molecule has 0 aromatic carbocycles. The van der Waals surface area contributed by atoms with E-state index in [1.807, 2.05) is 16.4 Å². The molecule has 0 bridgehead atoms. The molecule has 2 rings (SSSR count). The van der Waals surface area contributed by atoms with E-state index in [9.17, 15) is 4.79 Å². The highest BCUT2D eigenvalue weighted by atomic mass is 16.2. The standard InChI is InChI=1S/C12H21N5O/c1-3-16-9-14-15-11(16)8-13-12(18)17-6-4-10(2)5-7-17/h9-10H,3-8H2,1-2H3,(H,13,18). The zero-order valence-electron chi connectivity index (χ0n) is 11.1. The highest BCUT2D eigenvalue weighted by Gasteiger charge is 2.20. The predicted octanol–water partition coefficient (Wildman–Crippen LogP) is 1.24. The average molecular weight is 251 g/mol. The summed E-state index contributed by atoms with van der Waals surface area (Å²) in [6.45, 7) is 7.23. The molecule has 1 fully saturated rings. The Bertz CT molecular complexity index is 395. The summed E-state index contributed by atoms with van der Waals surface area (Å²) in [4.78, 5) is 13.8. The van der Waals surface area contributed by atoms with Gasteiger partial charge in [0, 0.05) is 19.6 Å². The lowest BCUT2D eigenvalue weighted by Gasteiger charge is -2.30. The van der Waals surface area contributed by atoms with Crippen molar-refractivity contribution in [2.75, 3.05) is 13.1 Å². The third kappa shape index (κ3) is 3.00. The van der Waals surface area contributed by atoms with Gasteiger partial charge in [-0.1, -0.05) is 6.92 Å². The predicted molar refractivity (Wildman–Crippen MR) is 67.9 cm³/mol. The monoisotopic (exact) mass is 251 g/mol. The summed E-state index contributed by atoms with van der Waals surface area (Å²) >= 11 is 0. The summed E-state index contributed by atoms with van der Waals surface area (Å²) in [6.07, 6.45) is 3.88. The van der Waals surface area contributed by atoms with E-state index in [0.29, 0.717) is 6.54 Å². The van der Waals surface area contributed by atoms with Gasteiger partial charge in [0.15, 0.2) is 5.82 Å². The molecule has 0 unspecified atom stereocenters. The highest BCUT2D eigenvalue weighted by molar-refractivity contribution is 5.74. The van der Waals surface area contributed by atoms with Crippen molar-refractivity contribution in [3.63, 3.8) is 0 Å². The molecule has 0 radical (unpaired) electrons. The fraction of sp³-hybridized carbons (Fsp3) is 0.750. The molecule has 2 heterocycles. The largest absolute Gasteiger partial charge is 0.331 e. The van der Waals surface area contributed by atoms with Crippen molar-refractivity contribution in [1.29, 1.82) is 0 Å². The fourth-order valence-electron chi connectivity index (χ4n) is 2.16. The highest BCUT2D eigenvalue weighted by Crippen LogP contribution is 2.15. The van der Waals surface area contributed by atoms with Crippen LogP contribution in [0.4, 0.5) is 4.79 Å². The topological polar surface area (TPSA) is 63.1 Å². The van der Waals surface area contributed by atoms with Crippen molar-refractivity contribution in [3.8, 4) is 0 Å². The van der Waals surface area contributed by atoms with Crippen LogP contribution in [-0.2, 0) is 13.1 Å². The van der Waals surface area contributed by atoms with Crippen LogP contribution in [0.5, 0.6) is 0 Å². The van der Waals surface area contributed by atoms with Crippen LogP contribution in [0.1, 0.15) is 32.5 Å². The Morgan fingerprint density at radius 2 is 2.22 bits per heavy atom. The number of piperidine rings is 1. The number of carbonyl (C=O) groups is 1. The molecular formula is C12H21N5O. The summed E-state index contributed by atoms with van der Waals surface area (Å²) in [7, 11) is 0. The second-order valence-electron chi connectivity index (χ2n) is 4.86. The van der Waals surface area contributed by atoms with Crippen LogP contribution in [0, 0.1) is 5.92 Å². The summed E-state index contributed by atoms with van der Waals surface area (Å²) in [5.41, 5.74) is 0. The van der Waals surface area contributed by atoms with Crippen LogP contribution in [0.3, 0.4) is 0 Å². The first-order chi connectivity index (χ1) is 8.70. The van der Waals surface area contributed by atoms with E-state index in [4.69, 9.17) is 0 Å². The van der Waals surface area contributed by atoms with Gasteiger partial charge < -0.3 is 14.8 Å². The Kier molecular flexibility index (Phi) is 4.17. The van der Waals surface area contributed by atoms with Gasteiger partial charge in [0.25, 0.3) is 0 Å². The van der Waals surface area contributed by atoms with E-state index in [1.54, 1.807) is 6.33 Å². The first kappa shape index (κ1) is 12.9. The van der Waals surface area contributed by atoms with Gasteiger partial charge in [-0.25, -0.2) is 4.79 Å². The van der Waals surface area contributed by atoms with E-state index in [1.165, 1.54) is 0 Å². The number of aryl methyl sites for hydroxylation is 1. The van der Waals surface area contributed by atoms with Gasteiger partial charge in [-0.3, -0.25) is 0 Å². The molecule has 1 N–H and O–H groups in total. The molecule has 0 spiro atoms. The first-order valence-electron chi connectivity index (χ1n) is 6.60. The normalized spacial score (nSPS) is 16.9. The first-order valence-corrected chi connectivity index (χ1v) is 6.60. The van der Waals surface area contributed by atoms with E-state index in [0.717, 1.165) is 44.2 Å². The van der Waals surface area contributed by atoms with Crippen molar-refractivity contribution in [1.82, 2.24) is 25.0 Å². The number of hydrogen-bond donors (Lipinski definition) is 1. The average Bonchev–Trinajstić information content (AvgIpc) is 2.84. The maximum Gasteiger partial charge on any atom is 0.317 e. The van der Waals surface area contributed by atoms with E-state index >= 15 is 0 Å². The molecule has 1 aromatic rings. The number of nitrogens with zero attached hydrogens (tertiary/aromatic N) is 4. The number of rotatable bonds is 3. The number of hydrogen-bond acceptors (Lipinski definition) is 3. The minimum Gasteiger partial charge on any atom is -0.331 e. The lowest BCUT2D eigenvalue weighted by atomic mass is 10.00. The molecule has 100 valence electrons. The Morgan fingerprint density at radius 3 is 2.89 bits per heavy atom. The molecule has 2 amide bonds. The Balaban J connectivity index is 1.81. The van der Waals surface area contributed by atoms with E-state index in [-0.39, 0.29) is 6.03 Å². The van der Waals surface area contributed by atoms with Crippen molar-refractivity contribution >= 4 is 6.03 Å². The molecule has 0 saturated carbocycles. The van der Waals surface area contributed by atoms with E-state index in [2.05, 4.69) is 22.4 Å². The fourth-order valence-corrected chi connectivity index (χ4v) is 2.16. The summed E-state index contributed by atoms with van der Waals surface area (Å²) in [5, 5.41) is 10.7. The number of nitrogens with one attached hydrogen (secondary N) is 1. The lowest BCUT2D eigenvalue weighted by Crippen LogP contribution is -2.44. The van der Waals surface area contributed by atoms with Gasteiger partial charge in [0.2, 0.25) is 0 Å². The van der Waals surface area contributed by atoms with Crippen LogP contribution in [0.25, 0.3) is 0 Å². The Morgan fingerprint density at radius 1 is 1.50 bits per heavy atom. The molecule has 0 aliphatic carbocycles. The summed E-state index contributed by atoms with van der Waals surface area (Å²) in [5.74, 6) is 1.54. The van der Waals surface area contributed by atoms with Crippen LogP contribution in [-0.4, -0.2) is 38.8 Å². The van der Waals surface area contributed by atoms with Crippen LogP contribution in [0.15, 0.2) is 6.33 Å². The second kappa shape index (κ2) is 5.84. The Labute approximate surface area is 107 Å². The van der Waals surface area contributed by atoms with Gasteiger partial charge in [0.05, 0.1) is 6.54 Å².